The van der Waals surface area contributed by atoms with Crippen molar-refractivity contribution in [2.45, 2.75) is 30.5 Å². The Bertz CT molecular complexity index is 1430. The number of halogens is 2. The number of rotatable bonds is 6. The molecule has 0 unspecified atom stereocenters. The van der Waals surface area contributed by atoms with Crippen LogP contribution in [0.15, 0.2) is 71.6 Å². The highest BCUT2D eigenvalue weighted by atomic mass is 32.2. The monoisotopic (exact) mass is 486 g/mol. The molecule has 0 bridgehead atoms. The topological polar surface area (TPSA) is 67.3 Å². The average molecular weight is 487 g/mol. The predicted octanol–water partition coefficient (Wildman–Crippen LogP) is 5.60. The zero-order valence-corrected chi connectivity index (χ0v) is 19.5. The Kier molecular flexibility index (Phi) is 6.27. The fourth-order valence-electron chi connectivity index (χ4n) is 3.29. The molecule has 0 radical (unpaired) electrons. The van der Waals surface area contributed by atoms with Crippen LogP contribution >= 0.6 is 11.3 Å². The Morgan fingerprint density at radius 1 is 1.03 bits per heavy atom. The van der Waals surface area contributed by atoms with Crippen molar-refractivity contribution in [1.29, 1.82) is 0 Å². The number of carbonyl (C=O) groups excluding carboxylic acids is 1. The molecule has 0 N–H and O–H groups in total. The normalized spacial score (nSPS) is 11.8. The van der Waals surface area contributed by atoms with Crippen LogP contribution in [-0.4, -0.2) is 24.6 Å². The number of aromatic nitrogens is 1. The van der Waals surface area contributed by atoms with Gasteiger partial charge in [-0.3, -0.25) is 9.69 Å². The number of anilines is 1. The lowest BCUT2D eigenvalue weighted by Crippen LogP contribution is -2.30. The van der Waals surface area contributed by atoms with Gasteiger partial charge in [0.2, 0.25) is 0 Å². The Hall–Kier alpha value is -3.17. The van der Waals surface area contributed by atoms with Crippen LogP contribution in [0.2, 0.25) is 0 Å². The third-order valence-electron chi connectivity index (χ3n) is 5.09. The minimum atomic E-state index is -3.59. The standard InChI is InChI=1S/C24H20F2N2O3S2/c1-15(2)33(30,31)19-10-6-9-17(11-19)23(29)28(14-16-7-4-3-5-8-16)24-27-22-20(26)12-18(25)13-21(22)32-24/h3-13,15H,14H2,1-2H3. The van der Waals surface area contributed by atoms with Gasteiger partial charge >= 0.3 is 0 Å². The second-order valence-corrected chi connectivity index (χ2v) is 11.2. The summed E-state index contributed by atoms with van der Waals surface area (Å²) in [5, 5.41) is -0.467. The fourth-order valence-corrected chi connectivity index (χ4v) is 5.39. The van der Waals surface area contributed by atoms with Crippen molar-refractivity contribution in [2.24, 2.45) is 0 Å². The number of amides is 1. The summed E-state index contributed by atoms with van der Waals surface area (Å²) in [6.45, 7) is 3.26. The van der Waals surface area contributed by atoms with Gasteiger partial charge in [0.05, 0.1) is 21.4 Å². The van der Waals surface area contributed by atoms with E-state index in [-0.39, 0.29) is 32.4 Å². The van der Waals surface area contributed by atoms with Crippen LogP contribution in [0.3, 0.4) is 0 Å². The highest BCUT2D eigenvalue weighted by Crippen LogP contribution is 2.33. The maximum absolute atomic E-state index is 14.3. The average Bonchev–Trinajstić information content (AvgIpc) is 3.22. The van der Waals surface area contributed by atoms with Crippen molar-refractivity contribution in [3.8, 4) is 0 Å². The van der Waals surface area contributed by atoms with Crippen molar-refractivity contribution in [2.75, 3.05) is 4.90 Å². The molecule has 1 heterocycles. The van der Waals surface area contributed by atoms with Crippen LogP contribution < -0.4 is 4.90 Å². The van der Waals surface area contributed by atoms with Crippen LogP contribution in [0.4, 0.5) is 13.9 Å². The van der Waals surface area contributed by atoms with Crippen molar-refractivity contribution in [3.63, 3.8) is 0 Å². The Morgan fingerprint density at radius 3 is 2.45 bits per heavy atom. The molecule has 0 fully saturated rings. The predicted molar refractivity (Wildman–Crippen MR) is 125 cm³/mol. The van der Waals surface area contributed by atoms with Gasteiger partial charge in [-0.2, -0.15) is 0 Å². The quantitative estimate of drug-likeness (QED) is 0.356. The molecular weight excluding hydrogens is 466 g/mol. The molecule has 1 amide bonds. The van der Waals surface area contributed by atoms with E-state index in [2.05, 4.69) is 4.98 Å². The molecule has 0 aliphatic heterocycles. The van der Waals surface area contributed by atoms with E-state index < -0.39 is 32.6 Å². The largest absolute Gasteiger partial charge is 0.279 e. The van der Waals surface area contributed by atoms with E-state index in [1.54, 1.807) is 13.8 Å². The van der Waals surface area contributed by atoms with Gasteiger partial charge in [0, 0.05) is 11.6 Å². The molecule has 9 heteroatoms. The second-order valence-electron chi connectivity index (χ2n) is 7.73. The molecule has 1 aromatic heterocycles. The number of carbonyl (C=O) groups is 1. The Labute approximate surface area is 194 Å². The van der Waals surface area contributed by atoms with E-state index in [4.69, 9.17) is 0 Å². The summed E-state index contributed by atoms with van der Waals surface area (Å²) in [6.07, 6.45) is 0. The van der Waals surface area contributed by atoms with Crippen LogP contribution in [0.1, 0.15) is 29.8 Å². The Balaban J connectivity index is 1.81. The highest BCUT2D eigenvalue weighted by Gasteiger charge is 2.25. The summed E-state index contributed by atoms with van der Waals surface area (Å²) < 4.78 is 53.5. The first-order valence-corrected chi connectivity index (χ1v) is 12.5. The first kappa shape index (κ1) is 23.0. The minimum Gasteiger partial charge on any atom is -0.279 e. The smallest absolute Gasteiger partial charge is 0.260 e. The zero-order chi connectivity index (χ0) is 23.8. The van der Waals surface area contributed by atoms with E-state index in [0.29, 0.717) is 0 Å². The lowest BCUT2D eigenvalue weighted by Gasteiger charge is -2.20. The lowest BCUT2D eigenvalue weighted by molar-refractivity contribution is 0.0985. The first-order valence-electron chi connectivity index (χ1n) is 10.1. The number of nitrogens with zero attached hydrogens (tertiary/aromatic N) is 2. The number of benzene rings is 3. The molecule has 0 aliphatic rings. The third kappa shape index (κ3) is 4.65. The van der Waals surface area contributed by atoms with Gasteiger partial charge in [-0.25, -0.2) is 22.2 Å². The zero-order valence-electron chi connectivity index (χ0n) is 17.8. The van der Waals surface area contributed by atoms with E-state index in [1.807, 2.05) is 30.3 Å². The molecule has 0 aliphatic carbocycles. The third-order valence-corrected chi connectivity index (χ3v) is 8.27. The lowest BCUT2D eigenvalue weighted by atomic mass is 10.1. The van der Waals surface area contributed by atoms with Gasteiger partial charge in [0.1, 0.15) is 11.3 Å². The SMILES string of the molecule is CC(C)S(=O)(=O)c1cccc(C(=O)N(Cc2ccccc2)c2nc3c(F)cc(F)cc3s2)c1. The summed E-state index contributed by atoms with van der Waals surface area (Å²) in [5.41, 5.74) is 0.916. The van der Waals surface area contributed by atoms with Gasteiger partial charge in [0.15, 0.2) is 20.8 Å². The molecule has 4 rings (SSSR count). The molecular formula is C24H20F2N2O3S2. The second kappa shape index (κ2) is 8.99. The highest BCUT2D eigenvalue weighted by molar-refractivity contribution is 7.92. The molecule has 0 spiro atoms. The van der Waals surface area contributed by atoms with Crippen molar-refractivity contribution >= 4 is 42.4 Å². The van der Waals surface area contributed by atoms with Gasteiger partial charge in [-0.1, -0.05) is 47.7 Å². The Morgan fingerprint density at radius 2 is 1.76 bits per heavy atom. The summed E-state index contributed by atoms with van der Waals surface area (Å²) in [5.74, 6) is -2.05. The number of fused-ring (bicyclic) bond motifs is 1. The summed E-state index contributed by atoms with van der Waals surface area (Å²) in [6, 6.07) is 16.9. The summed E-state index contributed by atoms with van der Waals surface area (Å²) in [4.78, 5) is 19.2. The van der Waals surface area contributed by atoms with Crippen molar-refractivity contribution < 1.29 is 22.0 Å². The maximum atomic E-state index is 14.3. The van der Waals surface area contributed by atoms with Gasteiger partial charge in [-0.05, 0) is 43.7 Å². The number of sulfone groups is 1. The number of hydrogen-bond acceptors (Lipinski definition) is 5. The molecule has 33 heavy (non-hydrogen) atoms. The van der Waals surface area contributed by atoms with E-state index in [1.165, 1.54) is 35.2 Å². The first-order chi connectivity index (χ1) is 15.7. The minimum absolute atomic E-state index is 0.0293. The number of hydrogen-bond donors (Lipinski definition) is 0. The van der Waals surface area contributed by atoms with Gasteiger partial charge in [-0.15, -0.1) is 0 Å². The van der Waals surface area contributed by atoms with Crippen molar-refractivity contribution in [1.82, 2.24) is 4.98 Å². The molecule has 0 saturated heterocycles. The van der Waals surface area contributed by atoms with Crippen LogP contribution in [0.5, 0.6) is 0 Å². The van der Waals surface area contributed by atoms with Gasteiger partial charge in [0.25, 0.3) is 5.91 Å². The molecule has 5 nitrogen and oxygen atoms in total. The summed E-state index contributed by atoms with van der Waals surface area (Å²) in [7, 11) is -3.59. The molecule has 3 aromatic carbocycles. The van der Waals surface area contributed by atoms with Crippen LogP contribution in [0.25, 0.3) is 10.2 Å². The fraction of sp³-hybridized carbons (Fsp3) is 0.167. The van der Waals surface area contributed by atoms with E-state index in [9.17, 15) is 22.0 Å². The summed E-state index contributed by atoms with van der Waals surface area (Å²) >= 11 is 0.986. The van der Waals surface area contributed by atoms with E-state index in [0.717, 1.165) is 23.0 Å². The number of thiazole rings is 1. The van der Waals surface area contributed by atoms with Gasteiger partial charge < -0.3 is 0 Å². The molecule has 0 atom stereocenters. The van der Waals surface area contributed by atoms with E-state index >= 15 is 0 Å². The maximum Gasteiger partial charge on any atom is 0.260 e. The molecule has 0 saturated carbocycles. The molecule has 4 aromatic rings. The van der Waals surface area contributed by atoms with Crippen LogP contribution in [-0.2, 0) is 16.4 Å². The molecule has 170 valence electrons. The van der Waals surface area contributed by atoms with Crippen LogP contribution in [0, 0.1) is 11.6 Å². The van der Waals surface area contributed by atoms with Crippen molar-refractivity contribution in [3.05, 3.63) is 89.5 Å².